The van der Waals surface area contributed by atoms with Crippen molar-refractivity contribution >= 4 is 45.1 Å². The van der Waals surface area contributed by atoms with Crippen molar-refractivity contribution in [3.8, 4) is 23.0 Å². The van der Waals surface area contributed by atoms with E-state index >= 15 is 0 Å². The third kappa shape index (κ3) is 44.9. The van der Waals surface area contributed by atoms with Gasteiger partial charge in [-0.05, 0) is 75.6 Å². The Labute approximate surface area is 708 Å². The molecular weight excluding hydrogens is 1580 g/mol. The maximum atomic E-state index is 7.26. The zero-order valence-electron chi connectivity index (χ0n) is 74.7. The van der Waals surface area contributed by atoms with Crippen molar-refractivity contribution in [2.45, 2.75) is 466 Å². The second-order valence-electron chi connectivity index (χ2n) is 33.5. The van der Waals surface area contributed by atoms with E-state index in [0.29, 0.717) is 122 Å². The molecule has 0 fully saturated rings. The van der Waals surface area contributed by atoms with Gasteiger partial charge in [0.15, 0.2) is 46.0 Å². The summed E-state index contributed by atoms with van der Waals surface area (Å²) >= 11 is 0. The molecule has 3 aromatic heterocycles. The minimum atomic E-state index is 0. The molecule has 8 bridgehead atoms. The fraction of sp³-hybridized carbons (Fsp3) is 0.800. The second-order valence-corrected chi connectivity index (χ2v) is 33.5. The van der Waals surface area contributed by atoms with Crippen molar-refractivity contribution in [2.24, 2.45) is 0 Å². The molecule has 0 atom stereocenters. The molecule has 13 heteroatoms. The summed E-state index contributed by atoms with van der Waals surface area (Å²) in [5.41, 5.74) is 5.86. The maximum Gasteiger partial charge on any atom is 0.189 e. The fourth-order valence-electron chi connectivity index (χ4n) is 15.7. The third-order valence-electron chi connectivity index (χ3n) is 22.8. The number of hydrogen-bond donors (Lipinski definition) is 2. The van der Waals surface area contributed by atoms with Crippen LogP contribution in [0, 0.1) is 0 Å². The second kappa shape index (κ2) is 70.7. The van der Waals surface area contributed by atoms with E-state index in [-0.39, 0.29) is 21.1 Å². The van der Waals surface area contributed by atoms with Crippen LogP contribution < -0.4 is 18.9 Å². The van der Waals surface area contributed by atoms with Gasteiger partial charge in [0.1, 0.15) is 22.8 Å². The molecular formula is C100H174N4O8Pt. The van der Waals surface area contributed by atoms with E-state index in [1.807, 2.05) is 0 Å². The van der Waals surface area contributed by atoms with Crippen molar-refractivity contribution in [3.05, 3.63) is 47.0 Å². The summed E-state index contributed by atoms with van der Waals surface area (Å²) in [4.78, 5) is 19.4. The SMILES string of the molecule is CCCCCCCCCCOC1=C(OCCCCCCCCCC)c2cc3[nH]c(cc4nc(cc5[nH]c(cc1n2)c(OCCCCCCCCCC)c5OCCCCCCCCCC)C(OCCCCCCCCCC)=C4OCCCCCCCCCC)c(OCCCCCCCCCC)c3OCCCCCCCCCC.[Pt]. The van der Waals surface area contributed by atoms with Gasteiger partial charge in [-0.3, -0.25) is 0 Å². The molecule has 0 spiro atoms. The predicted molar refractivity (Wildman–Crippen MR) is 481 cm³/mol. The molecule has 0 aliphatic carbocycles. The summed E-state index contributed by atoms with van der Waals surface area (Å²) in [5.74, 6) is 5.42. The van der Waals surface area contributed by atoms with Crippen molar-refractivity contribution in [2.75, 3.05) is 52.9 Å². The molecule has 12 nitrogen and oxygen atoms in total. The van der Waals surface area contributed by atoms with Crippen molar-refractivity contribution in [1.82, 2.24) is 19.9 Å². The number of ether oxygens (including phenoxy) is 8. The van der Waals surface area contributed by atoms with Gasteiger partial charge in [0.25, 0.3) is 0 Å². The summed E-state index contributed by atoms with van der Waals surface area (Å²) < 4.78 is 58.1. The zero-order chi connectivity index (χ0) is 79.5. The quantitative estimate of drug-likeness (QED) is 0.0527. The Bertz CT molecular complexity index is 2610. The molecule has 2 aliphatic heterocycles. The molecule has 0 unspecified atom stereocenters. The number of unbranched alkanes of at least 4 members (excludes halogenated alkanes) is 56. The maximum absolute atomic E-state index is 7.26. The van der Waals surface area contributed by atoms with Gasteiger partial charge in [0, 0.05) is 21.1 Å². The van der Waals surface area contributed by atoms with Crippen LogP contribution in [0.15, 0.2) is 24.3 Å². The topological polar surface area (TPSA) is 131 Å². The van der Waals surface area contributed by atoms with Crippen molar-refractivity contribution < 1.29 is 59.0 Å². The molecule has 0 radical (unpaired) electrons. The molecule has 113 heavy (non-hydrogen) atoms. The van der Waals surface area contributed by atoms with Crippen LogP contribution in [-0.4, -0.2) is 72.8 Å². The van der Waals surface area contributed by atoms with Gasteiger partial charge in [-0.2, -0.15) is 0 Å². The first-order valence-electron chi connectivity index (χ1n) is 48.8. The normalized spacial score (nSPS) is 12.2. The molecule has 2 N–H and O–H groups in total. The van der Waals surface area contributed by atoms with E-state index in [4.69, 9.17) is 47.9 Å². The average Bonchev–Trinajstić information content (AvgIpc) is 1.61. The van der Waals surface area contributed by atoms with Crippen LogP contribution in [0.5, 0.6) is 23.0 Å². The van der Waals surface area contributed by atoms with E-state index in [0.717, 1.165) is 125 Å². The molecule has 3 aromatic rings. The van der Waals surface area contributed by atoms with Crippen LogP contribution in [0.25, 0.3) is 45.1 Å². The van der Waals surface area contributed by atoms with Crippen LogP contribution in [0.4, 0.5) is 0 Å². The number of aromatic amines is 2. The van der Waals surface area contributed by atoms with Crippen molar-refractivity contribution in [3.63, 3.8) is 0 Å². The predicted octanol–water partition coefficient (Wildman–Crippen LogP) is 32.7. The van der Waals surface area contributed by atoms with Gasteiger partial charge in [-0.1, -0.05) is 415 Å². The van der Waals surface area contributed by atoms with Crippen LogP contribution in [0.2, 0.25) is 0 Å². The molecule has 652 valence electrons. The van der Waals surface area contributed by atoms with Gasteiger partial charge in [0.2, 0.25) is 0 Å². The standard InChI is InChI=1S/C100H174N4O8.Pt/c1-9-17-25-33-41-49-57-65-73-105-93-85-81-87-95(107-75-67-59-51-43-35-27-19-11-3)97(109-77-69-61-53-45-37-29-21-13-5)89(102-87)83-91-99(111-79-71-63-55-47-39-31-23-15-7)100(112-80-72-64-56-48-40-32-24-16-8)92(104-91)84-90-98(110-78-70-62-54-46-38-30-22-14-6)96(108-76-68-60-52-44-36-28-20-12-4)88(103-90)82-86(101-85)94(93)106-74-66-58-50-42-34-26-18-10-2;/h81-84,101,104H,9-80H2,1-8H3;. The van der Waals surface area contributed by atoms with Crippen LogP contribution in [-0.2, 0) is 40.0 Å². The monoisotopic (exact) mass is 1750 g/mol. The largest absolute Gasteiger partial charge is 0.488 e. The van der Waals surface area contributed by atoms with Gasteiger partial charge in [0.05, 0.1) is 74.9 Å². The summed E-state index contributed by atoms with van der Waals surface area (Å²) in [6, 6.07) is 8.64. The van der Waals surface area contributed by atoms with Gasteiger partial charge < -0.3 is 47.9 Å². The Hall–Kier alpha value is -4.31. The van der Waals surface area contributed by atoms with E-state index in [9.17, 15) is 0 Å². The summed E-state index contributed by atoms with van der Waals surface area (Å²) in [7, 11) is 0. The molecule has 2 aliphatic rings. The van der Waals surface area contributed by atoms with Crippen LogP contribution in [0.1, 0.15) is 489 Å². The number of nitrogens with one attached hydrogen (secondary N) is 2. The Morgan fingerprint density at radius 1 is 0.177 bits per heavy atom. The van der Waals surface area contributed by atoms with Crippen LogP contribution >= 0.6 is 0 Å². The van der Waals surface area contributed by atoms with Crippen molar-refractivity contribution in [1.29, 1.82) is 0 Å². The number of hydrogen-bond acceptors (Lipinski definition) is 10. The first kappa shape index (κ1) is 101. The summed E-state index contributed by atoms with van der Waals surface area (Å²) in [6.45, 7) is 22.8. The van der Waals surface area contributed by atoms with Gasteiger partial charge in [-0.15, -0.1) is 0 Å². The number of nitrogens with zero attached hydrogens (tertiary/aromatic N) is 2. The molecule has 0 aromatic carbocycles. The van der Waals surface area contributed by atoms with E-state index in [1.165, 1.54) is 308 Å². The third-order valence-corrected chi connectivity index (χ3v) is 22.8. The van der Waals surface area contributed by atoms with E-state index in [1.54, 1.807) is 0 Å². The van der Waals surface area contributed by atoms with E-state index < -0.39 is 0 Å². The summed E-state index contributed by atoms with van der Waals surface area (Å²) in [6.07, 6.45) is 77.4. The van der Waals surface area contributed by atoms with Crippen LogP contribution in [0.3, 0.4) is 0 Å². The first-order valence-corrected chi connectivity index (χ1v) is 48.8. The summed E-state index contributed by atoms with van der Waals surface area (Å²) in [5, 5.41) is 0. The van der Waals surface area contributed by atoms with Gasteiger partial charge in [-0.25, -0.2) is 9.97 Å². The Balaban J connectivity index is 0.0000269. The Morgan fingerprint density at radius 2 is 0.301 bits per heavy atom. The number of fused-ring (bicyclic) bond motifs is 8. The number of H-pyrrole nitrogens is 2. The molecule has 0 saturated heterocycles. The number of rotatable bonds is 80. The molecule has 0 amide bonds. The first-order chi connectivity index (χ1) is 55.5. The van der Waals surface area contributed by atoms with Gasteiger partial charge >= 0.3 is 0 Å². The Kier molecular flexibility index (Phi) is 63.2. The minimum absolute atomic E-state index is 0. The Morgan fingerprint density at radius 3 is 0.442 bits per heavy atom. The minimum Gasteiger partial charge on any atom is -0.488 e. The van der Waals surface area contributed by atoms with E-state index in [2.05, 4.69) is 89.6 Å². The molecule has 0 saturated carbocycles. The molecule has 5 rings (SSSR count). The number of aromatic nitrogens is 4. The zero-order valence-corrected chi connectivity index (χ0v) is 77.0. The smallest absolute Gasteiger partial charge is 0.189 e. The average molecular weight is 1760 g/mol. The fourth-order valence-corrected chi connectivity index (χ4v) is 15.7. The molecule has 5 heterocycles.